The Kier molecular flexibility index (Phi) is 1.97. The molecule has 1 saturated carbocycles. The van der Waals surface area contributed by atoms with E-state index in [2.05, 4.69) is 29.6 Å². The molecule has 0 radical (unpaired) electrons. The van der Waals surface area contributed by atoms with E-state index in [1.54, 1.807) is 5.56 Å². The van der Waals surface area contributed by atoms with Crippen molar-refractivity contribution in [3.63, 3.8) is 0 Å². The highest BCUT2D eigenvalue weighted by atomic mass is 15.0. The van der Waals surface area contributed by atoms with Crippen molar-refractivity contribution in [3.8, 4) is 0 Å². The summed E-state index contributed by atoms with van der Waals surface area (Å²) < 4.78 is 0. The Morgan fingerprint density at radius 3 is 2.86 bits per heavy atom. The van der Waals surface area contributed by atoms with E-state index in [4.69, 9.17) is 0 Å². The molecule has 1 N–H and O–H groups in total. The van der Waals surface area contributed by atoms with E-state index in [1.165, 1.54) is 37.8 Å². The van der Waals surface area contributed by atoms with E-state index in [-0.39, 0.29) is 0 Å². The molecular weight excluding hydrogens is 170 g/mol. The lowest BCUT2D eigenvalue weighted by atomic mass is 9.91. The molecule has 1 aromatic rings. The second-order valence-corrected chi connectivity index (χ2v) is 4.58. The lowest BCUT2D eigenvalue weighted by molar-refractivity contribution is 0.562. The van der Waals surface area contributed by atoms with Crippen LogP contribution >= 0.6 is 0 Å². The quantitative estimate of drug-likeness (QED) is 0.655. The van der Waals surface area contributed by atoms with Crippen LogP contribution in [0.3, 0.4) is 0 Å². The first-order chi connectivity index (χ1) is 6.95. The molecule has 1 aromatic carbocycles. The smallest absolute Gasteiger partial charge is 0.0378 e. The number of hydrogen-bond donors (Lipinski definition) is 1. The lowest BCUT2D eigenvalue weighted by Crippen LogP contribution is -2.18. The predicted molar refractivity (Wildman–Crippen MR) is 59.7 cm³/mol. The van der Waals surface area contributed by atoms with Crippen LogP contribution in [0.25, 0.3) is 0 Å². The minimum Gasteiger partial charge on any atom is -0.381 e. The zero-order valence-electron chi connectivity index (χ0n) is 8.50. The molecule has 2 atom stereocenters. The zero-order chi connectivity index (χ0) is 9.38. The average Bonchev–Trinajstić information content (AvgIpc) is 2.42. The molecule has 1 heterocycles. The Hall–Kier alpha value is -0.980. The number of rotatable bonds is 0. The summed E-state index contributed by atoms with van der Waals surface area (Å²) in [7, 11) is 0. The number of hydrogen-bond acceptors (Lipinski definition) is 1. The zero-order valence-corrected chi connectivity index (χ0v) is 8.50. The number of benzene rings is 1. The molecule has 0 amide bonds. The Labute approximate surface area is 85.5 Å². The van der Waals surface area contributed by atoms with Crippen molar-refractivity contribution >= 4 is 5.69 Å². The highest BCUT2D eigenvalue weighted by Gasteiger charge is 2.31. The minimum atomic E-state index is 0.731. The molecule has 1 aliphatic heterocycles. The van der Waals surface area contributed by atoms with E-state index >= 15 is 0 Å². The van der Waals surface area contributed by atoms with Gasteiger partial charge in [-0.1, -0.05) is 37.5 Å². The highest BCUT2D eigenvalue weighted by molar-refractivity contribution is 5.59. The molecule has 0 bridgehead atoms. The summed E-state index contributed by atoms with van der Waals surface area (Å²) in [5.74, 6) is 0.800. The summed E-state index contributed by atoms with van der Waals surface area (Å²) in [6.07, 6.45) is 6.99. The van der Waals surface area contributed by atoms with Gasteiger partial charge in [-0.15, -0.1) is 0 Å². The lowest BCUT2D eigenvalue weighted by Gasteiger charge is -2.16. The maximum atomic E-state index is 3.68. The van der Waals surface area contributed by atoms with Crippen molar-refractivity contribution < 1.29 is 0 Å². The van der Waals surface area contributed by atoms with Crippen LogP contribution in [0.15, 0.2) is 24.3 Å². The normalized spacial score (nSPS) is 30.0. The molecule has 1 nitrogen and oxygen atoms in total. The fourth-order valence-corrected chi connectivity index (χ4v) is 3.00. The van der Waals surface area contributed by atoms with Gasteiger partial charge in [0.15, 0.2) is 0 Å². The van der Waals surface area contributed by atoms with Crippen molar-refractivity contribution in [1.29, 1.82) is 0 Å². The second-order valence-electron chi connectivity index (χ2n) is 4.58. The van der Waals surface area contributed by atoms with Crippen LogP contribution in [-0.4, -0.2) is 6.04 Å². The molecule has 0 saturated heterocycles. The summed E-state index contributed by atoms with van der Waals surface area (Å²) >= 11 is 0. The minimum absolute atomic E-state index is 0.731. The third-order valence-electron chi connectivity index (χ3n) is 3.72. The monoisotopic (exact) mass is 187 g/mol. The van der Waals surface area contributed by atoms with Gasteiger partial charge in [0.2, 0.25) is 0 Å². The molecule has 2 aliphatic rings. The van der Waals surface area contributed by atoms with E-state index in [1.807, 2.05) is 0 Å². The van der Waals surface area contributed by atoms with Crippen molar-refractivity contribution in [2.24, 2.45) is 0 Å². The third kappa shape index (κ3) is 1.23. The topological polar surface area (TPSA) is 12.0 Å². The fraction of sp³-hybridized carbons (Fsp3) is 0.538. The van der Waals surface area contributed by atoms with Gasteiger partial charge >= 0.3 is 0 Å². The summed E-state index contributed by atoms with van der Waals surface area (Å²) in [5, 5.41) is 3.68. The van der Waals surface area contributed by atoms with Crippen molar-refractivity contribution in [1.82, 2.24) is 0 Å². The first-order valence-electron chi connectivity index (χ1n) is 5.80. The van der Waals surface area contributed by atoms with Gasteiger partial charge in [0.25, 0.3) is 0 Å². The molecule has 0 unspecified atom stereocenters. The fourth-order valence-electron chi connectivity index (χ4n) is 3.00. The van der Waals surface area contributed by atoms with Gasteiger partial charge in [-0.25, -0.2) is 0 Å². The SMILES string of the molecule is c1ccc2c(c1)N[C@@H]1CCCCC[C@H]21. The van der Waals surface area contributed by atoms with Gasteiger partial charge in [-0.2, -0.15) is 0 Å². The molecule has 1 aliphatic carbocycles. The summed E-state index contributed by atoms with van der Waals surface area (Å²) in [5.41, 5.74) is 2.96. The van der Waals surface area contributed by atoms with Gasteiger partial charge in [-0.05, 0) is 24.5 Å². The molecule has 1 fully saturated rings. The molecule has 0 aromatic heterocycles. The molecule has 74 valence electrons. The van der Waals surface area contributed by atoms with E-state index in [0.29, 0.717) is 0 Å². The Balaban J connectivity index is 1.96. The number of para-hydroxylation sites is 1. The summed E-state index contributed by atoms with van der Waals surface area (Å²) in [6, 6.07) is 9.57. The van der Waals surface area contributed by atoms with Crippen molar-refractivity contribution in [3.05, 3.63) is 29.8 Å². The summed E-state index contributed by atoms with van der Waals surface area (Å²) in [4.78, 5) is 0. The van der Waals surface area contributed by atoms with Gasteiger partial charge in [-0.3, -0.25) is 0 Å². The number of fused-ring (bicyclic) bond motifs is 3. The molecule has 14 heavy (non-hydrogen) atoms. The average molecular weight is 187 g/mol. The van der Waals surface area contributed by atoms with Crippen LogP contribution in [0.1, 0.15) is 43.6 Å². The van der Waals surface area contributed by atoms with E-state index in [9.17, 15) is 0 Å². The van der Waals surface area contributed by atoms with Gasteiger partial charge < -0.3 is 5.32 Å². The van der Waals surface area contributed by atoms with Crippen LogP contribution in [0.2, 0.25) is 0 Å². The summed E-state index contributed by atoms with van der Waals surface area (Å²) in [6.45, 7) is 0. The number of anilines is 1. The van der Waals surface area contributed by atoms with Crippen LogP contribution in [0.4, 0.5) is 5.69 Å². The maximum absolute atomic E-state index is 3.68. The van der Waals surface area contributed by atoms with Crippen LogP contribution in [0, 0.1) is 0 Å². The Morgan fingerprint density at radius 2 is 1.86 bits per heavy atom. The standard InChI is InChI=1S/C13H17N/c1-2-6-10-11-7-4-5-9-13(11)14-12(10)8-3-1/h4-5,7,9-10,12,14H,1-3,6,8H2/t10-,12-/m1/s1. The molecule has 3 rings (SSSR count). The first kappa shape index (κ1) is 8.34. The molecule has 1 heteroatoms. The Bertz CT molecular complexity index is 332. The molecular formula is C13H17N. The van der Waals surface area contributed by atoms with Crippen LogP contribution < -0.4 is 5.32 Å². The second kappa shape index (κ2) is 3.30. The largest absolute Gasteiger partial charge is 0.381 e. The van der Waals surface area contributed by atoms with Crippen LogP contribution in [0.5, 0.6) is 0 Å². The predicted octanol–water partition coefficient (Wildman–Crippen LogP) is 3.53. The third-order valence-corrected chi connectivity index (χ3v) is 3.72. The van der Waals surface area contributed by atoms with Crippen LogP contribution in [-0.2, 0) is 0 Å². The van der Waals surface area contributed by atoms with Crippen molar-refractivity contribution in [2.75, 3.05) is 5.32 Å². The Morgan fingerprint density at radius 1 is 1.00 bits per heavy atom. The first-order valence-corrected chi connectivity index (χ1v) is 5.80. The molecule has 0 spiro atoms. The van der Waals surface area contributed by atoms with E-state index in [0.717, 1.165) is 12.0 Å². The highest BCUT2D eigenvalue weighted by Crippen LogP contribution is 2.42. The van der Waals surface area contributed by atoms with Gasteiger partial charge in [0.1, 0.15) is 0 Å². The van der Waals surface area contributed by atoms with Gasteiger partial charge in [0, 0.05) is 17.6 Å². The van der Waals surface area contributed by atoms with Crippen molar-refractivity contribution in [2.45, 2.75) is 44.1 Å². The number of nitrogens with one attached hydrogen (secondary N) is 1. The van der Waals surface area contributed by atoms with Gasteiger partial charge in [0.05, 0.1) is 0 Å². The van der Waals surface area contributed by atoms with E-state index < -0.39 is 0 Å². The maximum Gasteiger partial charge on any atom is 0.0378 e.